The summed E-state index contributed by atoms with van der Waals surface area (Å²) in [6, 6.07) is 0. The zero-order valence-electron chi connectivity index (χ0n) is 21.5. The third-order valence-corrected chi connectivity index (χ3v) is 10.9. The molecule has 0 radical (unpaired) electrons. The van der Waals surface area contributed by atoms with Crippen LogP contribution in [0.1, 0.15) is 0 Å². The average molecular weight is 854 g/mol. The Labute approximate surface area is 272 Å². The quantitative estimate of drug-likeness (QED) is 0.157. The van der Waals surface area contributed by atoms with Gasteiger partial charge in [0.2, 0.25) is 0 Å². The van der Waals surface area contributed by atoms with Crippen LogP contribution in [0.4, 0.5) is 79.0 Å². The topological polar surface area (TPSA) is 203 Å². The monoisotopic (exact) mass is 854 g/mol. The van der Waals surface area contributed by atoms with E-state index in [1.54, 1.807) is 0 Å². The highest BCUT2D eigenvalue weighted by molar-refractivity contribution is 7.52. The lowest BCUT2D eigenvalue weighted by Gasteiger charge is -2.25. The summed E-state index contributed by atoms with van der Waals surface area (Å²) in [6.45, 7) is 0. The van der Waals surface area contributed by atoms with E-state index in [4.69, 9.17) is 0 Å². The summed E-state index contributed by atoms with van der Waals surface area (Å²) in [5, 5.41) is 0. The maximum Gasteiger partial charge on any atom is 1.11 e. The Morgan fingerprint density at radius 1 is 0.320 bits per heavy atom. The van der Waals surface area contributed by atoms with Crippen molar-refractivity contribution in [3.63, 3.8) is 0 Å². The number of carbonyl (C=O) groups excluding carboxylic acids is 6. The van der Waals surface area contributed by atoms with Crippen molar-refractivity contribution in [3.05, 3.63) is 0 Å². The van der Waals surface area contributed by atoms with Crippen LogP contribution in [0.15, 0.2) is 0 Å². The van der Waals surface area contributed by atoms with Gasteiger partial charge in [-0.05, 0) is 0 Å². The molecule has 0 unspecified atom stereocenters. The molecule has 38 heteroatoms. The van der Waals surface area contributed by atoms with Crippen LogP contribution < -0.4 is 0 Å². The van der Waals surface area contributed by atoms with Gasteiger partial charge in [0.25, 0.3) is 0 Å². The van der Waals surface area contributed by atoms with E-state index in [0.29, 0.717) is 0 Å². The smallest absolute Gasteiger partial charge is 0.555 e. The van der Waals surface area contributed by atoms with Crippen LogP contribution >= 0.6 is 7.82 Å². The Hall–Kier alpha value is -2.73. The van der Waals surface area contributed by atoms with Crippen LogP contribution in [-0.4, -0.2) is 118 Å². The molecular formula is C12Al3F18O16P. The summed E-state index contributed by atoms with van der Waals surface area (Å²) in [5.74, 6) is -23.4. The van der Waals surface area contributed by atoms with Gasteiger partial charge in [-0.2, -0.15) is 79.0 Å². The highest BCUT2D eigenvalue weighted by Gasteiger charge is 2.66. The van der Waals surface area contributed by atoms with Crippen molar-refractivity contribution < 1.29 is 146 Å². The Bertz CT molecular complexity index is 1100. The van der Waals surface area contributed by atoms with Gasteiger partial charge in [0.15, 0.2) is 0 Å². The molecule has 0 spiro atoms. The van der Waals surface area contributed by atoms with Crippen LogP contribution in [0.3, 0.4) is 0 Å². The molecule has 0 saturated carbocycles. The summed E-state index contributed by atoms with van der Waals surface area (Å²) in [5.41, 5.74) is 0. The number of halogens is 18. The number of phosphoric acid groups is 1. The minimum atomic E-state index is -7.72. The van der Waals surface area contributed by atoms with Crippen molar-refractivity contribution >= 4 is 89.1 Å². The molecular weight excluding hydrogens is 854 g/mol. The molecule has 0 saturated heterocycles. The number of hydrogen-bond acceptors (Lipinski definition) is 16. The molecule has 50 heavy (non-hydrogen) atoms. The molecule has 0 aliphatic rings. The summed E-state index contributed by atoms with van der Waals surface area (Å²) in [4.78, 5) is 66.4. The molecule has 284 valence electrons. The van der Waals surface area contributed by atoms with Gasteiger partial charge in [0.1, 0.15) is 0 Å². The van der Waals surface area contributed by atoms with Crippen molar-refractivity contribution in [2.45, 2.75) is 37.1 Å². The molecule has 0 N–H and O–H groups in total. The minimum absolute atomic E-state index is 3.04. The van der Waals surface area contributed by atoms with Crippen molar-refractivity contribution in [2.75, 3.05) is 0 Å². The number of carbonyl (C=O) groups is 6. The summed E-state index contributed by atoms with van der Waals surface area (Å²) >= 11 is -19.9. The molecule has 0 rings (SSSR count). The predicted octanol–water partition coefficient (Wildman–Crippen LogP) is 2.73. The largest absolute Gasteiger partial charge is 1.11 e. The molecule has 0 amide bonds. The Balaban J connectivity index is 7.45. The van der Waals surface area contributed by atoms with Crippen LogP contribution in [0.5, 0.6) is 0 Å². The number of rotatable bonds is 12. The SMILES string of the molecule is O=C([O][Al]([O]C(=O)C(F)(F)F)[O]P(=O)([O][Al]([O]C(=O)C(F)(F)F)[O]C(=O)C(F)(F)F)[O][Al]([O]C(=O)C(F)(F)F)[O]C(=O)C(F)(F)F)C(F)(F)F. The molecule has 0 aromatic carbocycles. The van der Waals surface area contributed by atoms with Gasteiger partial charge in [-0.15, -0.1) is 0 Å². The fourth-order valence-electron chi connectivity index (χ4n) is 1.52. The first-order chi connectivity index (χ1) is 21.9. The van der Waals surface area contributed by atoms with Gasteiger partial charge in [0.05, 0.1) is 0 Å². The van der Waals surface area contributed by atoms with Gasteiger partial charge < -0.3 is 33.5 Å². The molecule has 0 heterocycles. The summed E-state index contributed by atoms with van der Waals surface area (Å²) < 4.78 is 269. The predicted molar refractivity (Wildman–Crippen MR) is 101 cm³/mol. The van der Waals surface area contributed by atoms with Crippen molar-refractivity contribution in [1.29, 1.82) is 0 Å². The first-order valence-electron chi connectivity index (χ1n) is 10.2. The summed E-state index contributed by atoms with van der Waals surface area (Å²) in [6.07, 6.45) is -38.8. The van der Waals surface area contributed by atoms with Crippen LogP contribution in [0.25, 0.3) is 0 Å². The van der Waals surface area contributed by atoms with E-state index in [1.165, 1.54) is 0 Å². The number of alkyl halides is 18. The van der Waals surface area contributed by atoms with E-state index >= 15 is 0 Å². The second-order valence-corrected chi connectivity index (χ2v) is 13.6. The zero-order valence-corrected chi connectivity index (χ0v) is 25.9. The second-order valence-electron chi connectivity index (χ2n) is 7.05. The Morgan fingerprint density at radius 2 is 0.440 bits per heavy atom. The van der Waals surface area contributed by atoms with E-state index < -0.39 is 126 Å². The van der Waals surface area contributed by atoms with E-state index in [1.807, 2.05) is 0 Å². The Morgan fingerprint density at radius 3 is 0.540 bits per heavy atom. The lowest BCUT2D eigenvalue weighted by molar-refractivity contribution is -0.200. The first kappa shape index (κ1) is 47.3. The highest BCUT2D eigenvalue weighted by Crippen LogP contribution is 2.52. The molecule has 0 bridgehead atoms. The fraction of sp³-hybridized carbons (Fsp3) is 0.500. The maximum atomic E-state index is 13.0. The molecule has 0 aliphatic heterocycles. The zero-order chi connectivity index (χ0) is 40.1. The third kappa shape index (κ3) is 17.0. The van der Waals surface area contributed by atoms with Gasteiger partial charge >= 0.3 is 126 Å². The average Bonchev–Trinajstić information content (AvgIpc) is 2.84. The molecule has 0 atom stereocenters. The number of hydrogen-bond donors (Lipinski definition) is 0. The lowest BCUT2D eigenvalue weighted by atomic mass is 10.7. The molecule has 0 aromatic heterocycles. The molecule has 16 nitrogen and oxygen atoms in total. The van der Waals surface area contributed by atoms with Crippen molar-refractivity contribution in [2.24, 2.45) is 0 Å². The van der Waals surface area contributed by atoms with Gasteiger partial charge in [-0.3, -0.25) is 0 Å². The molecule has 0 aliphatic carbocycles. The van der Waals surface area contributed by atoms with E-state index in [-0.39, 0.29) is 0 Å². The second kappa shape index (κ2) is 16.7. The van der Waals surface area contributed by atoms with E-state index in [2.05, 4.69) is 33.5 Å². The van der Waals surface area contributed by atoms with Crippen LogP contribution in [0, 0.1) is 0 Å². The highest BCUT2D eigenvalue weighted by atomic mass is 31.2. The van der Waals surface area contributed by atoms with Crippen molar-refractivity contribution in [1.82, 2.24) is 0 Å². The fourth-order valence-corrected chi connectivity index (χ4v) is 9.01. The minimum Gasteiger partial charge on any atom is -0.555 e. The standard InChI is InChI=1S/6C2HF3O2.3Al.H3O4P/c6*3-2(4,5)1(6)7;;;;1-5(2,3)4/h6*(H,6,7);;;;(H3,1,2,3,4)/q;;;;;;3*+3;/p-9. The van der Waals surface area contributed by atoms with Gasteiger partial charge in [-0.1, -0.05) is 0 Å². The van der Waals surface area contributed by atoms with Crippen molar-refractivity contribution in [3.8, 4) is 0 Å². The van der Waals surface area contributed by atoms with Gasteiger partial charge in [0, 0.05) is 0 Å². The van der Waals surface area contributed by atoms with E-state index in [9.17, 15) is 112 Å². The lowest BCUT2D eigenvalue weighted by Crippen LogP contribution is -2.44. The third-order valence-electron chi connectivity index (χ3n) is 3.25. The maximum absolute atomic E-state index is 13.0. The van der Waals surface area contributed by atoms with Crippen LogP contribution in [0.2, 0.25) is 0 Å². The normalized spacial score (nSPS) is 13.0. The first-order valence-corrected chi connectivity index (χ1v) is 15.9. The van der Waals surface area contributed by atoms with E-state index in [0.717, 1.165) is 0 Å². The molecule has 0 fully saturated rings. The van der Waals surface area contributed by atoms with Gasteiger partial charge in [-0.25, -0.2) is 33.3 Å². The summed E-state index contributed by atoms with van der Waals surface area (Å²) in [7, 11) is -7.72. The molecule has 0 aromatic rings. The van der Waals surface area contributed by atoms with Crippen LogP contribution in [-0.2, 0) is 66.8 Å². The Kier molecular flexibility index (Phi) is 15.8.